The Morgan fingerprint density at radius 2 is 2.00 bits per heavy atom. The Labute approximate surface area is 184 Å². The molecule has 7 nitrogen and oxygen atoms in total. The molecule has 30 heavy (non-hydrogen) atoms. The molecule has 0 aliphatic carbocycles. The van der Waals surface area contributed by atoms with Crippen molar-refractivity contribution in [1.29, 1.82) is 5.41 Å². The molecule has 0 atom stereocenters. The molecule has 0 radical (unpaired) electrons. The molecule has 0 unspecified atom stereocenters. The zero-order valence-electron chi connectivity index (χ0n) is 17.1. The Morgan fingerprint density at radius 1 is 1.30 bits per heavy atom. The largest absolute Gasteiger partial charge is 0.465 e. The van der Waals surface area contributed by atoms with E-state index in [9.17, 15) is 4.79 Å². The third-order valence-electron chi connectivity index (χ3n) is 4.11. The molecule has 160 valence electrons. The van der Waals surface area contributed by atoms with Crippen LogP contribution in [0, 0.1) is 5.41 Å². The molecule has 0 aliphatic heterocycles. The molecule has 0 saturated carbocycles. The lowest BCUT2D eigenvalue weighted by Gasteiger charge is -2.19. The number of thiophene rings is 1. The molecule has 0 spiro atoms. The quantitative estimate of drug-likeness (QED) is 0.323. The summed E-state index contributed by atoms with van der Waals surface area (Å²) in [5, 5.41) is 12.1. The number of hydrogen-bond donors (Lipinski definition) is 2. The second-order valence-corrected chi connectivity index (χ2v) is 8.04. The summed E-state index contributed by atoms with van der Waals surface area (Å²) >= 11 is 6.78. The van der Waals surface area contributed by atoms with E-state index in [1.165, 1.54) is 18.4 Å². The van der Waals surface area contributed by atoms with Gasteiger partial charge in [0.25, 0.3) is 0 Å². The monoisotopic (exact) mass is 448 g/mol. The van der Waals surface area contributed by atoms with Crippen LogP contribution in [0.4, 0.5) is 0 Å². The highest BCUT2D eigenvalue weighted by atomic mass is 35.5. The molecule has 9 heteroatoms. The number of hydrogen-bond acceptors (Lipinski definition) is 7. The highest BCUT2D eigenvalue weighted by Crippen LogP contribution is 2.22. The molecule has 0 amide bonds. The Bertz CT molecular complexity index is 969. The van der Waals surface area contributed by atoms with Crippen LogP contribution in [0.5, 0.6) is 0 Å². The average molecular weight is 449 g/mol. The van der Waals surface area contributed by atoms with Gasteiger partial charge in [0.2, 0.25) is 0 Å². The van der Waals surface area contributed by atoms with Crippen LogP contribution in [0.15, 0.2) is 47.0 Å². The first-order valence-electron chi connectivity index (χ1n) is 9.29. The third kappa shape index (κ3) is 6.41. The average Bonchev–Trinajstić information content (AvgIpc) is 3.42. The van der Waals surface area contributed by atoms with Crippen molar-refractivity contribution in [2.45, 2.75) is 19.9 Å². The summed E-state index contributed by atoms with van der Waals surface area (Å²) in [7, 11) is 3.28. The zero-order valence-corrected chi connectivity index (χ0v) is 18.7. The van der Waals surface area contributed by atoms with Gasteiger partial charge in [0.05, 0.1) is 18.0 Å². The van der Waals surface area contributed by atoms with E-state index < -0.39 is 0 Å². The van der Waals surface area contributed by atoms with Crippen LogP contribution >= 0.6 is 22.9 Å². The maximum Gasteiger partial charge on any atom is 0.348 e. The topological polar surface area (TPSA) is 105 Å². The van der Waals surface area contributed by atoms with E-state index >= 15 is 0 Å². The smallest absolute Gasteiger partial charge is 0.348 e. The highest BCUT2D eigenvalue weighted by Gasteiger charge is 2.09. The molecule has 0 aliphatic rings. The van der Waals surface area contributed by atoms with Crippen LogP contribution in [0.2, 0.25) is 4.34 Å². The van der Waals surface area contributed by atoms with E-state index in [1.54, 1.807) is 12.1 Å². The molecule has 2 heterocycles. The van der Waals surface area contributed by atoms with Crippen molar-refractivity contribution >= 4 is 34.7 Å². The van der Waals surface area contributed by atoms with Crippen molar-refractivity contribution in [3.05, 3.63) is 63.0 Å². The molecule has 2 aromatic heterocycles. The van der Waals surface area contributed by atoms with Gasteiger partial charge in [-0.15, -0.1) is 11.3 Å². The summed E-state index contributed by atoms with van der Waals surface area (Å²) in [6.45, 7) is 3.33. The summed E-state index contributed by atoms with van der Waals surface area (Å²) in [6, 6.07) is 12.9. The number of halogens is 1. The first-order valence-corrected chi connectivity index (χ1v) is 10.5. The van der Waals surface area contributed by atoms with Gasteiger partial charge in [-0.05, 0) is 18.6 Å². The van der Waals surface area contributed by atoms with Gasteiger partial charge in [-0.2, -0.15) is 0 Å². The summed E-state index contributed by atoms with van der Waals surface area (Å²) in [4.78, 5) is 13.2. The van der Waals surface area contributed by atoms with Crippen molar-refractivity contribution in [2.24, 2.45) is 5.73 Å². The fraction of sp³-hybridized carbons (Fsp3) is 0.286. The number of nitrogens with two attached hydrogens (primary N) is 1. The number of carbonyl (C=O) groups excluding carboxylic acids is 1. The van der Waals surface area contributed by atoms with Crippen LogP contribution in [-0.4, -0.2) is 42.6 Å². The molecule has 3 aromatic rings. The van der Waals surface area contributed by atoms with E-state index in [-0.39, 0.29) is 5.97 Å². The molecule has 0 saturated heterocycles. The van der Waals surface area contributed by atoms with Crippen LogP contribution in [0.25, 0.3) is 11.3 Å². The number of nitrogens with zero attached hydrogens (tertiary/aromatic N) is 2. The molecular formula is C21H25ClN4O3S. The molecule has 0 fully saturated rings. The minimum atomic E-state index is -0.336. The van der Waals surface area contributed by atoms with Crippen LogP contribution in [0.1, 0.15) is 34.3 Å². The number of methoxy groups -OCH3 is 1. The van der Waals surface area contributed by atoms with Gasteiger partial charge in [-0.25, -0.2) is 4.79 Å². The number of benzene rings is 1. The van der Waals surface area contributed by atoms with Gasteiger partial charge in [-0.1, -0.05) is 47.9 Å². The maximum absolute atomic E-state index is 10.8. The number of rotatable bonds is 6. The number of nitrogens with one attached hydrogen (secondary N) is 1. The van der Waals surface area contributed by atoms with Gasteiger partial charge in [0.1, 0.15) is 16.4 Å². The second kappa shape index (κ2) is 11.5. The molecular weight excluding hydrogens is 424 g/mol. The summed E-state index contributed by atoms with van der Waals surface area (Å²) in [5.41, 5.74) is 8.13. The maximum atomic E-state index is 10.8. The van der Waals surface area contributed by atoms with Gasteiger partial charge < -0.3 is 19.9 Å². The highest BCUT2D eigenvalue weighted by molar-refractivity contribution is 7.17. The normalized spacial score (nSPS) is 10.2. The molecule has 1 aromatic carbocycles. The van der Waals surface area contributed by atoms with E-state index in [4.69, 9.17) is 27.3 Å². The minimum absolute atomic E-state index is 0.336. The van der Waals surface area contributed by atoms with Crippen molar-refractivity contribution in [3.63, 3.8) is 0 Å². The lowest BCUT2D eigenvalue weighted by Crippen LogP contribution is -2.27. The predicted octanol–water partition coefficient (Wildman–Crippen LogP) is 4.66. The fourth-order valence-electron chi connectivity index (χ4n) is 2.54. The van der Waals surface area contributed by atoms with Crippen molar-refractivity contribution in [3.8, 4) is 11.3 Å². The van der Waals surface area contributed by atoms with Gasteiger partial charge in [0, 0.05) is 30.8 Å². The molecule has 3 N–H and O–H groups in total. The van der Waals surface area contributed by atoms with E-state index in [0.717, 1.165) is 29.8 Å². The summed E-state index contributed by atoms with van der Waals surface area (Å²) in [6.07, 6.45) is 1.03. The Morgan fingerprint density at radius 3 is 2.50 bits per heavy atom. The Balaban J connectivity index is 0.000000269. The van der Waals surface area contributed by atoms with Crippen LogP contribution < -0.4 is 5.73 Å². The first-order chi connectivity index (χ1) is 14.4. The molecule has 3 rings (SSSR count). The lowest BCUT2D eigenvalue weighted by molar-refractivity contribution is 0.0606. The van der Waals surface area contributed by atoms with E-state index in [1.807, 2.05) is 42.3 Å². The van der Waals surface area contributed by atoms with E-state index in [2.05, 4.69) is 16.8 Å². The number of aromatic nitrogens is 1. The Kier molecular flexibility index (Phi) is 9.04. The lowest BCUT2D eigenvalue weighted by atomic mass is 10.1. The number of esters is 1. The summed E-state index contributed by atoms with van der Waals surface area (Å²) < 4.78 is 10.2. The summed E-state index contributed by atoms with van der Waals surface area (Å²) in [5.74, 6) is 0.859. The minimum Gasteiger partial charge on any atom is -0.465 e. The third-order valence-corrected chi connectivity index (χ3v) is 5.33. The van der Waals surface area contributed by atoms with Gasteiger partial charge >= 0.3 is 5.97 Å². The first kappa shape index (κ1) is 23.6. The fourth-order valence-corrected chi connectivity index (χ4v) is 3.50. The van der Waals surface area contributed by atoms with Crippen molar-refractivity contribution < 1.29 is 14.1 Å². The van der Waals surface area contributed by atoms with E-state index in [0.29, 0.717) is 27.4 Å². The SMILES string of the molecule is CCCN(C)C(=N)c1ccc(-c2cc(CN)on2)cc1.COC(=O)c1ccc(Cl)s1. The molecule has 0 bridgehead atoms. The zero-order chi connectivity index (χ0) is 22.1. The van der Waals surface area contributed by atoms with Gasteiger partial charge in [-0.3, -0.25) is 5.41 Å². The number of carbonyl (C=O) groups is 1. The van der Waals surface area contributed by atoms with Crippen molar-refractivity contribution in [1.82, 2.24) is 10.1 Å². The Hall–Kier alpha value is -2.68. The second-order valence-electron chi connectivity index (χ2n) is 6.33. The standard InChI is InChI=1S/C15H20N4O.C6H5ClO2S/c1-3-8-19(2)15(17)12-6-4-11(5-7-12)14-9-13(10-16)20-18-14;1-9-6(8)4-2-3-5(7)10-4/h4-7,9,17H,3,8,10,16H2,1-2H3;2-3H,1H3. The number of ether oxygens (including phenoxy) is 1. The van der Waals surface area contributed by atoms with Crippen LogP contribution in [0.3, 0.4) is 0 Å². The number of amidine groups is 1. The van der Waals surface area contributed by atoms with Gasteiger partial charge in [0.15, 0.2) is 5.76 Å². The van der Waals surface area contributed by atoms with Crippen molar-refractivity contribution in [2.75, 3.05) is 20.7 Å². The predicted molar refractivity (Wildman–Crippen MR) is 120 cm³/mol. The van der Waals surface area contributed by atoms with Crippen LogP contribution in [-0.2, 0) is 11.3 Å².